The molecule has 0 aliphatic heterocycles. The molecule has 0 aliphatic carbocycles. The number of rotatable bonds is 9. The standard InChI is InChI=1S/C18H22O7/c1-4-16(20)23-9-13-6-5-7-14(8-13)18(22)25-11-15(19)10-24-17(21)12(2)3/h4-8,12,15,19H,1,9-11H2,2-3H3. The summed E-state index contributed by atoms with van der Waals surface area (Å²) in [6.07, 6.45) is -0.0608. The third-order valence-corrected chi connectivity index (χ3v) is 3.01. The zero-order valence-electron chi connectivity index (χ0n) is 14.3. The Balaban J connectivity index is 2.47. The number of carbonyl (C=O) groups excluding carboxylic acids is 3. The van der Waals surface area contributed by atoms with Crippen LogP contribution in [0.4, 0.5) is 0 Å². The van der Waals surface area contributed by atoms with E-state index in [1.807, 2.05) is 0 Å². The number of hydrogen-bond acceptors (Lipinski definition) is 7. The summed E-state index contributed by atoms with van der Waals surface area (Å²) in [6, 6.07) is 6.36. The lowest BCUT2D eigenvalue weighted by atomic mass is 10.1. The Kier molecular flexibility index (Phi) is 8.35. The Hall–Kier alpha value is -2.67. The molecular formula is C18H22O7. The predicted molar refractivity (Wildman–Crippen MR) is 88.5 cm³/mol. The van der Waals surface area contributed by atoms with Crippen LogP contribution >= 0.6 is 0 Å². The summed E-state index contributed by atoms with van der Waals surface area (Å²) in [4.78, 5) is 34.3. The van der Waals surface area contributed by atoms with Crippen LogP contribution in [0.25, 0.3) is 0 Å². The lowest BCUT2D eigenvalue weighted by Gasteiger charge is -2.13. The first-order chi connectivity index (χ1) is 11.8. The van der Waals surface area contributed by atoms with Crippen LogP contribution in [0.15, 0.2) is 36.9 Å². The minimum atomic E-state index is -1.11. The molecule has 1 aromatic carbocycles. The van der Waals surface area contributed by atoms with Crippen LogP contribution in [-0.4, -0.2) is 42.3 Å². The minimum absolute atomic E-state index is 0.000246. The van der Waals surface area contributed by atoms with Crippen molar-refractivity contribution in [1.82, 2.24) is 0 Å². The molecule has 136 valence electrons. The minimum Gasteiger partial charge on any atom is -0.463 e. The van der Waals surface area contributed by atoms with Gasteiger partial charge in [-0.3, -0.25) is 4.79 Å². The van der Waals surface area contributed by atoms with Gasteiger partial charge < -0.3 is 19.3 Å². The van der Waals surface area contributed by atoms with Crippen molar-refractivity contribution < 1.29 is 33.7 Å². The van der Waals surface area contributed by atoms with E-state index in [2.05, 4.69) is 6.58 Å². The maximum atomic E-state index is 12.0. The van der Waals surface area contributed by atoms with Crippen molar-refractivity contribution in [2.24, 2.45) is 5.92 Å². The number of hydrogen-bond donors (Lipinski definition) is 1. The van der Waals surface area contributed by atoms with E-state index >= 15 is 0 Å². The number of esters is 3. The number of aliphatic hydroxyl groups excluding tert-OH is 1. The zero-order valence-corrected chi connectivity index (χ0v) is 14.3. The van der Waals surface area contributed by atoms with E-state index in [4.69, 9.17) is 14.2 Å². The van der Waals surface area contributed by atoms with E-state index in [1.54, 1.807) is 26.0 Å². The Bertz CT molecular complexity index is 622. The fourth-order valence-electron chi connectivity index (χ4n) is 1.65. The number of benzene rings is 1. The van der Waals surface area contributed by atoms with Crippen LogP contribution in [-0.2, 0) is 30.4 Å². The van der Waals surface area contributed by atoms with Gasteiger partial charge in [-0.25, -0.2) is 9.59 Å². The van der Waals surface area contributed by atoms with Gasteiger partial charge in [0.05, 0.1) is 11.5 Å². The number of aliphatic hydroxyl groups is 1. The second-order valence-corrected chi connectivity index (χ2v) is 5.55. The fraction of sp³-hybridized carbons (Fsp3) is 0.389. The first-order valence-corrected chi connectivity index (χ1v) is 7.73. The highest BCUT2D eigenvalue weighted by Crippen LogP contribution is 2.09. The highest BCUT2D eigenvalue weighted by Gasteiger charge is 2.15. The molecule has 0 saturated carbocycles. The van der Waals surface area contributed by atoms with Gasteiger partial charge in [-0.05, 0) is 17.7 Å². The van der Waals surface area contributed by atoms with Gasteiger partial charge in [0, 0.05) is 6.08 Å². The van der Waals surface area contributed by atoms with Crippen LogP contribution in [0.2, 0.25) is 0 Å². The lowest BCUT2D eigenvalue weighted by molar-refractivity contribution is -0.151. The molecule has 1 unspecified atom stereocenters. The van der Waals surface area contributed by atoms with Crippen molar-refractivity contribution >= 4 is 17.9 Å². The van der Waals surface area contributed by atoms with E-state index < -0.39 is 24.0 Å². The summed E-state index contributed by atoms with van der Waals surface area (Å²) in [7, 11) is 0. The summed E-state index contributed by atoms with van der Waals surface area (Å²) in [5.74, 6) is -1.95. The smallest absolute Gasteiger partial charge is 0.338 e. The van der Waals surface area contributed by atoms with Crippen molar-refractivity contribution in [3.63, 3.8) is 0 Å². The summed E-state index contributed by atoms with van der Waals surface area (Å²) < 4.78 is 14.7. The second kappa shape index (κ2) is 10.2. The SMILES string of the molecule is C=CC(=O)OCc1cccc(C(=O)OCC(O)COC(=O)C(C)C)c1. The van der Waals surface area contributed by atoms with Gasteiger partial charge in [-0.1, -0.05) is 32.6 Å². The van der Waals surface area contributed by atoms with E-state index in [9.17, 15) is 19.5 Å². The second-order valence-electron chi connectivity index (χ2n) is 5.55. The van der Waals surface area contributed by atoms with Gasteiger partial charge in [0.25, 0.3) is 0 Å². The fourth-order valence-corrected chi connectivity index (χ4v) is 1.65. The average molecular weight is 350 g/mol. The molecule has 1 rings (SSSR count). The van der Waals surface area contributed by atoms with Gasteiger partial charge in [0.15, 0.2) is 0 Å². The molecule has 7 nitrogen and oxygen atoms in total. The molecule has 7 heteroatoms. The van der Waals surface area contributed by atoms with Crippen LogP contribution in [0.5, 0.6) is 0 Å². The van der Waals surface area contributed by atoms with Crippen LogP contribution in [0, 0.1) is 5.92 Å². The zero-order chi connectivity index (χ0) is 18.8. The molecule has 0 fully saturated rings. The Morgan fingerprint density at radius 1 is 1.16 bits per heavy atom. The van der Waals surface area contributed by atoms with Gasteiger partial charge in [-0.15, -0.1) is 0 Å². The summed E-state index contributed by atoms with van der Waals surface area (Å²) in [6.45, 7) is 6.09. The number of ether oxygens (including phenoxy) is 3. The van der Waals surface area contributed by atoms with Crippen LogP contribution in [0.1, 0.15) is 29.8 Å². The van der Waals surface area contributed by atoms with Gasteiger partial charge in [0.2, 0.25) is 0 Å². The molecule has 0 saturated heterocycles. The molecule has 25 heavy (non-hydrogen) atoms. The molecule has 0 radical (unpaired) electrons. The maximum absolute atomic E-state index is 12.0. The van der Waals surface area contributed by atoms with Crippen molar-refractivity contribution in [3.05, 3.63) is 48.0 Å². The van der Waals surface area contributed by atoms with Gasteiger partial charge >= 0.3 is 17.9 Å². The Morgan fingerprint density at radius 3 is 2.48 bits per heavy atom. The molecule has 1 N–H and O–H groups in total. The lowest BCUT2D eigenvalue weighted by Crippen LogP contribution is -2.26. The summed E-state index contributed by atoms with van der Waals surface area (Å²) in [5.41, 5.74) is 0.856. The molecule has 0 heterocycles. The molecular weight excluding hydrogens is 328 g/mol. The average Bonchev–Trinajstić information content (AvgIpc) is 2.61. The van der Waals surface area contributed by atoms with Crippen LogP contribution in [0.3, 0.4) is 0 Å². The van der Waals surface area contributed by atoms with Gasteiger partial charge in [-0.2, -0.15) is 0 Å². The molecule has 0 bridgehead atoms. The molecule has 0 aromatic heterocycles. The first kappa shape index (κ1) is 20.4. The van der Waals surface area contributed by atoms with Crippen molar-refractivity contribution in [2.45, 2.75) is 26.6 Å². The molecule has 0 aliphatic rings. The predicted octanol–water partition coefficient (Wildman–Crippen LogP) is 1.63. The summed E-state index contributed by atoms with van der Waals surface area (Å²) in [5, 5.41) is 9.68. The van der Waals surface area contributed by atoms with E-state index in [1.165, 1.54) is 12.1 Å². The first-order valence-electron chi connectivity index (χ1n) is 7.73. The topological polar surface area (TPSA) is 99.1 Å². The maximum Gasteiger partial charge on any atom is 0.338 e. The molecule has 0 spiro atoms. The summed E-state index contributed by atoms with van der Waals surface area (Å²) >= 11 is 0. The third-order valence-electron chi connectivity index (χ3n) is 3.01. The molecule has 1 aromatic rings. The van der Waals surface area contributed by atoms with E-state index in [0.29, 0.717) is 5.56 Å². The number of carbonyl (C=O) groups is 3. The van der Waals surface area contributed by atoms with Crippen molar-refractivity contribution in [3.8, 4) is 0 Å². The van der Waals surface area contributed by atoms with Crippen LogP contribution < -0.4 is 0 Å². The highest BCUT2D eigenvalue weighted by atomic mass is 16.6. The largest absolute Gasteiger partial charge is 0.463 e. The van der Waals surface area contributed by atoms with Crippen molar-refractivity contribution in [2.75, 3.05) is 13.2 Å². The van der Waals surface area contributed by atoms with Gasteiger partial charge in [0.1, 0.15) is 25.9 Å². The van der Waals surface area contributed by atoms with E-state index in [-0.39, 0.29) is 31.3 Å². The van der Waals surface area contributed by atoms with Crippen molar-refractivity contribution in [1.29, 1.82) is 0 Å². The Morgan fingerprint density at radius 2 is 1.84 bits per heavy atom. The molecule has 1 atom stereocenters. The van der Waals surface area contributed by atoms with E-state index in [0.717, 1.165) is 6.08 Å². The normalized spacial score (nSPS) is 11.5. The quantitative estimate of drug-likeness (QED) is 0.410. The molecule has 0 amide bonds. The third kappa shape index (κ3) is 7.63. The Labute approximate surface area is 146 Å². The highest BCUT2D eigenvalue weighted by molar-refractivity contribution is 5.89. The monoisotopic (exact) mass is 350 g/mol.